The van der Waals surface area contributed by atoms with Crippen LogP contribution in [0.25, 0.3) is 0 Å². The quantitative estimate of drug-likeness (QED) is 0.478. The van der Waals surface area contributed by atoms with Crippen LogP contribution in [0.2, 0.25) is 0 Å². The number of nitrogens with two attached hydrogens (primary N) is 1. The van der Waals surface area contributed by atoms with Crippen molar-refractivity contribution in [1.29, 1.82) is 0 Å². The minimum Gasteiger partial charge on any atom is -0.356 e. The molecule has 1 aliphatic heterocycles. The Morgan fingerprint density at radius 2 is 2.50 bits per heavy atom. The molecular formula is C8H17N3O. The van der Waals surface area contributed by atoms with Crippen LogP contribution in [-0.2, 0) is 4.79 Å². The number of carbonyl (C=O) groups is 1. The molecule has 0 bridgehead atoms. The fraction of sp³-hybridized carbons (Fsp3) is 0.875. The number of amides is 1. The van der Waals surface area contributed by atoms with E-state index in [1.165, 1.54) is 0 Å². The topological polar surface area (TPSA) is 67.1 Å². The van der Waals surface area contributed by atoms with E-state index in [4.69, 9.17) is 5.73 Å². The van der Waals surface area contributed by atoms with E-state index >= 15 is 0 Å². The van der Waals surface area contributed by atoms with E-state index in [1.807, 2.05) is 0 Å². The van der Waals surface area contributed by atoms with Crippen LogP contribution in [0.15, 0.2) is 0 Å². The average molecular weight is 171 g/mol. The predicted octanol–water partition coefficient (Wildman–Crippen LogP) is -0.939. The summed E-state index contributed by atoms with van der Waals surface area (Å²) in [7, 11) is 0. The second-order valence-electron chi connectivity index (χ2n) is 3.12. The molecule has 1 aliphatic rings. The Morgan fingerprint density at radius 1 is 1.67 bits per heavy atom. The second-order valence-corrected chi connectivity index (χ2v) is 3.12. The van der Waals surface area contributed by atoms with Gasteiger partial charge in [0, 0.05) is 13.1 Å². The van der Waals surface area contributed by atoms with Gasteiger partial charge in [-0.1, -0.05) is 0 Å². The zero-order valence-electron chi connectivity index (χ0n) is 7.31. The summed E-state index contributed by atoms with van der Waals surface area (Å²) in [5.41, 5.74) is 5.30. The monoisotopic (exact) mass is 171 g/mol. The van der Waals surface area contributed by atoms with E-state index in [0.29, 0.717) is 13.1 Å². The average Bonchev–Trinajstić information content (AvgIpc) is 2.56. The van der Waals surface area contributed by atoms with Crippen LogP contribution < -0.4 is 16.4 Å². The molecule has 1 atom stereocenters. The van der Waals surface area contributed by atoms with Crippen molar-refractivity contribution in [3.05, 3.63) is 0 Å². The molecule has 0 aromatic carbocycles. The van der Waals surface area contributed by atoms with Gasteiger partial charge in [-0.25, -0.2) is 0 Å². The Bertz CT molecular complexity index is 143. The maximum absolute atomic E-state index is 11.3. The third-order valence-electron chi connectivity index (χ3n) is 2.11. The first-order valence-electron chi connectivity index (χ1n) is 4.53. The molecule has 0 radical (unpaired) electrons. The van der Waals surface area contributed by atoms with Crippen LogP contribution in [0, 0.1) is 5.92 Å². The van der Waals surface area contributed by atoms with Gasteiger partial charge >= 0.3 is 0 Å². The fourth-order valence-electron chi connectivity index (χ4n) is 1.34. The van der Waals surface area contributed by atoms with Gasteiger partial charge in [0.2, 0.25) is 5.91 Å². The molecule has 1 amide bonds. The van der Waals surface area contributed by atoms with Crippen LogP contribution >= 0.6 is 0 Å². The van der Waals surface area contributed by atoms with E-state index < -0.39 is 0 Å². The fourth-order valence-corrected chi connectivity index (χ4v) is 1.34. The lowest BCUT2D eigenvalue weighted by atomic mass is 10.1. The van der Waals surface area contributed by atoms with Crippen molar-refractivity contribution in [2.24, 2.45) is 11.7 Å². The van der Waals surface area contributed by atoms with E-state index in [1.54, 1.807) is 0 Å². The van der Waals surface area contributed by atoms with Crippen LogP contribution in [0.3, 0.4) is 0 Å². The largest absolute Gasteiger partial charge is 0.356 e. The van der Waals surface area contributed by atoms with Crippen molar-refractivity contribution in [2.75, 3.05) is 26.2 Å². The van der Waals surface area contributed by atoms with Gasteiger partial charge in [0.1, 0.15) is 0 Å². The number of rotatable bonds is 4. The van der Waals surface area contributed by atoms with Crippen LogP contribution in [0.5, 0.6) is 0 Å². The van der Waals surface area contributed by atoms with Gasteiger partial charge in [-0.2, -0.15) is 0 Å². The molecule has 12 heavy (non-hydrogen) atoms. The Morgan fingerprint density at radius 3 is 3.08 bits per heavy atom. The van der Waals surface area contributed by atoms with E-state index in [2.05, 4.69) is 10.6 Å². The number of hydrogen-bond donors (Lipinski definition) is 3. The molecule has 0 spiro atoms. The lowest BCUT2D eigenvalue weighted by Crippen LogP contribution is -2.33. The Labute approximate surface area is 72.9 Å². The smallest absolute Gasteiger partial charge is 0.224 e. The van der Waals surface area contributed by atoms with Crippen molar-refractivity contribution in [1.82, 2.24) is 10.6 Å². The third-order valence-corrected chi connectivity index (χ3v) is 2.11. The molecule has 0 saturated carbocycles. The highest BCUT2D eigenvalue weighted by Gasteiger charge is 2.21. The maximum Gasteiger partial charge on any atom is 0.224 e. The SMILES string of the molecule is NCCCNC(=O)C1CCNC1. The lowest BCUT2D eigenvalue weighted by Gasteiger charge is -2.08. The number of carbonyl (C=O) groups excluding carboxylic acids is 1. The van der Waals surface area contributed by atoms with Crippen molar-refractivity contribution in [3.63, 3.8) is 0 Å². The van der Waals surface area contributed by atoms with Gasteiger partial charge in [0.25, 0.3) is 0 Å². The summed E-state index contributed by atoms with van der Waals surface area (Å²) in [6.07, 6.45) is 1.83. The van der Waals surface area contributed by atoms with E-state index in [-0.39, 0.29) is 11.8 Å². The molecule has 4 nitrogen and oxygen atoms in total. The Hall–Kier alpha value is -0.610. The summed E-state index contributed by atoms with van der Waals surface area (Å²) in [4.78, 5) is 11.3. The molecule has 1 fully saturated rings. The molecule has 0 aromatic heterocycles. The van der Waals surface area contributed by atoms with Crippen LogP contribution in [0.1, 0.15) is 12.8 Å². The molecule has 0 aliphatic carbocycles. The number of hydrogen-bond acceptors (Lipinski definition) is 3. The highest BCUT2D eigenvalue weighted by atomic mass is 16.1. The standard InChI is InChI=1S/C8H17N3O/c9-3-1-4-11-8(12)7-2-5-10-6-7/h7,10H,1-6,9H2,(H,11,12). The Kier molecular flexibility index (Phi) is 4.04. The van der Waals surface area contributed by atoms with Gasteiger partial charge in [-0.05, 0) is 25.9 Å². The molecule has 1 heterocycles. The summed E-state index contributed by atoms with van der Waals surface area (Å²) in [6.45, 7) is 3.15. The summed E-state index contributed by atoms with van der Waals surface area (Å²) in [5.74, 6) is 0.358. The summed E-state index contributed by atoms with van der Waals surface area (Å²) >= 11 is 0. The van der Waals surface area contributed by atoms with Crippen LogP contribution in [0.4, 0.5) is 0 Å². The second kappa shape index (κ2) is 5.11. The molecule has 4 heteroatoms. The molecule has 4 N–H and O–H groups in total. The molecule has 1 unspecified atom stereocenters. The van der Waals surface area contributed by atoms with Gasteiger partial charge in [0.05, 0.1) is 5.92 Å². The van der Waals surface area contributed by atoms with E-state index in [0.717, 1.165) is 25.9 Å². The van der Waals surface area contributed by atoms with Crippen molar-refractivity contribution < 1.29 is 4.79 Å². The maximum atomic E-state index is 11.3. The first kappa shape index (κ1) is 9.48. The van der Waals surface area contributed by atoms with Crippen molar-refractivity contribution >= 4 is 5.91 Å². The zero-order valence-corrected chi connectivity index (χ0v) is 7.31. The first-order valence-corrected chi connectivity index (χ1v) is 4.53. The minimum atomic E-state index is 0.174. The third kappa shape index (κ3) is 2.79. The summed E-state index contributed by atoms with van der Waals surface area (Å²) in [5, 5.41) is 6.02. The molecular weight excluding hydrogens is 154 g/mol. The highest BCUT2D eigenvalue weighted by Crippen LogP contribution is 2.06. The molecule has 0 aromatic rings. The van der Waals surface area contributed by atoms with Gasteiger partial charge in [-0.15, -0.1) is 0 Å². The normalized spacial score (nSPS) is 22.6. The van der Waals surface area contributed by atoms with Gasteiger partial charge in [0.15, 0.2) is 0 Å². The van der Waals surface area contributed by atoms with Gasteiger partial charge in [-0.3, -0.25) is 4.79 Å². The summed E-state index contributed by atoms with van der Waals surface area (Å²) < 4.78 is 0. The van der Waals surface area contributed by atoms with E-state index in [9.17, 15) is 4.79 Å². The number of nitrogens with one attached hydrogen (secondary N) is 2. The first-order chi connectivity index (χ1) is 5.84. The van der Waals surface area contributed by atoms with Gasteiger partial charge < -0.3 is 16.4 Å². The Balaban J connectivity index is 2.10. The zero-order chi connectivity index (χ0) is 8.81. The highest BCUT2D eigenvalue weighted by molar-refractivity contribution is 5.79. The molecule has 1 saturated heterocycles. The lowest BCUT2D eigenvalue weighted by molar-refractivity contribution is -0.124. The van der Waals surface area contributed by atoms with Crippen LogP contribution in [-0.4, -0.2) is 32.1 Å². The molecule has 1 rings (SSSR count). The van der Waals surface area contributed by atoms with Crippen molar-refractivity contribution in [2.45, 2.75) is 12.8 Å². The predicted molar refractivity (Wildman–Crippen MR) is 47.7 cm³/mol. The van der Waals surface area contributed by atoms with Crippen molar-refractivity contribution in [3.8, 4) is 0 Å². The molecule has 70 valence electrons. The minimum absolute atomic E-state index is 0.174. The summed E-state index contributed by atoms with van der Waals surface area (Å²) in [6, 6.07) is 0.